The van der Waals surface area contributed by atoms with E-state index in [1.54, 1.807) is 12.1 Å². The maximum atomic E-state index is 14.1. The first-order valence-corrected chi connectivity index (χ1v) is 7.43. The number of likely N-dealkylation sites (tertiary alicyclic amines) is 1. The fourth-order valence-corrected chi connectivity index (χ4v) is 3.13. The van der Waals surface area contributed by atoms with Gasteiger partial charge in [0.2, 0.25) is 0 Å². The zero-order chi connectivity index (χ0) is 16.4. The topological polar surface area (TPSA) is 47.3 Å². The molecule has 0 bridgehead atoms. The van der Waals surface area contributed by atoms with Crippen LogP contribution in [-0.2, 0) is 6.54 Å². The van der Waals surface area contributed by atoms with Crippen molar-refractivity contribution in [1.82, 2.24) is 4.90 Å². The minimum Gasteiger partial charge on any atom is -0.392 e. The molecule has 1 heterocycles. The monoisotopic (exact) mass is 314 g/mol. The summed E-state index contributed by atoms with van der Waals surface area (Å²) in [7, 11) is 0. The molecule has 1 aliphatic heterocycles. The Morgan fingerprint density at radius 1 is 1.22 bits per heavy atom. The van der Waals surface area contributed by atoms with E-state index in [1.165, 1.54) is 6.07 Å². The van der Waals surface area contributed by atoms with Gasteiger partial charge < -0.3 is 5.11 Å². The number of halogens is 2. The van der Waals surface area contributed by atoms with Gasteiger partial charge in [-0.1, -0.05) is 18.2 Å². The number of β-amino-alcohol motifs (C(OH)–C–C–N with tert-alkyl or cyclic N) is 1. The Morgan fingerprint density at radius 3 is 2.78 bits per heavy atom. The molecule has 2 atom stereocenters. The van der Waals surface area contributed by atoms with Crippen molar-refractivity contribution in [2.24, 2.45) is 0 Å². The van der Waals surface area contributed by atoms with Gasteiger partial charge in [-0.15, -0.1) is 0 Å². The minimum atomic E-state index is -0.600. The first-order chi connectivity index (χ1) is 11.1. The average Bonchev–Trinajstić information content (AvgIpc) is 2.90. The Balaban J connectivity index is 1.91. The molecule has 23 heavy (non-hydrogen) atoms. The maximum absolute atomic E-state index is 14.1. The smallest absolute Gasteiger partial charge is 0.128 e. The van der Waals surface area contributed by atoms with Crippen LogP contribution in [0.5, 0.6) is 0 Å². The molecular weight excluding hydrogens is 298 g/mol. The molecule has 1 N–H and O–H groups in total. The van der Waals surface area contributed by atoms with Gasteiger partial charge in [-0.25, -0.2) is 8.78 Å². The van der Waals surface area contributed by atoms with Crippen molar-refractivity contribution >= 4 is 0 Å². The molecule has 118 valence electrons. The summed E-state index contributed by atoms with van der Waals surface area (Å²) in [4.78, 5) is 1.89. The Kier molecular flexibility index (Phi) is 4.37. The minimum absolute atomic E-state index is 0.246. The second-order valence-electron chi connectivity index (χ2n) is 5.77. The quantitative estimate of drug-likeness (QED) is 0.947. The summed E-state index contributed by atoms with van der Waals surface area (Å²) in [6.07, 6.45) is -0.258. The molecule has 1 saturated heterocycles. The number of nitrogens with zero attached hydrogens (tertiary/aromatic N) is 2. The molecule has 0 unspecified atom stereocenters. The summed E-state index contributed by atoms with van der Waals surface area (Å²) < 4.78 is 27.6. The van der Waals surface area contributed by atoms with Crippen molar-refractivity contribution in [3.63, 3.8) is 0 Å². The molecule has 0 amide bonds. The molecule has 0 radical (unpaired) electrons. The Hall–Kier alpha value is -2.29. The summed E-state index contributed by atoms with van der Waals surface area (Å²) in [5.74, 6) is -0.982. The van der Waals surface area contributed by atoms with Gasteiger partial charge in [0.05, 0.1) is 17.7 Å². The van der Waals surface area contributed by atoms with Gasteiger partial charge in [0.25, 0.3) is 0 Å². The van der Waals surface area contributed by atoms with Crippen LogP contribution in [-0.4, -0.2) is 22.7 Å². The van der Waals surface area contributed by atoms with Crippen LogP contribution >= 0.6 is 0 Å². The number of rotatable bonds is 3. The van der Waals surface area contributed by atoms with Crippen molar-refractivity contribution < 1.29 is 13.9 Å². The lowest BCUT2D eigenvalue weighted by Gasteiger charge is -2.25. The summed E-state index contributed by atoms with van der Waals surface area (Å²) in [6.45, 7) is 0.766. The third kappa shape index (κ3) is 3.24. The molecule has 5 heteroatoms. The zero-order valence-corrected chi connectivity index (χ0v) is 12.4. The largest absolute Gasteiger partial charge is 0.392 e. The lowest BCUT2D eigenvalue weighted by Crippen LogP contribution is -2.25. The average molecular weight is 314 g/mol. The fourth-order valence-electron chi connectivity index (χ4n) is 3.13. The highest BCUT2D eigenvalue weighted by molar-refractivity contribution is 5.37. The van der Waals surface area contributed by atoms with Gasteiger partial charge in [0.1, 0.15) is 11.6 Å². The Labute approximate surface area is 133 Å². The molecule has 0 aliphatic carbocycles. The maximum Gasteiger partial charge on any atom is 0.128 e. The van der Waals surface area contributed by atoms with Crippen molar-refractivity contribution in [2.45, 2.75) is 25.1 Å². The second kappa shape index (κ2) is 6.45. The second-order valence-corrected chi connectivity index (χ2v) is 5.77. The van der Waals surface area contributed by atoms with Crippen LogP contribution in [0.3, 0.4) is 0 Å². The van der Waals surface area contributed by atoms with Gasteiger partial charge in [0.15, 0.2) is 0 Å². The number of benzene rings is 2. The normalized spacial score (nSPS) is 21.3. The van der Waals surface area contributed by atoms with Gasteiger partial charge in [-0.2, -0.15) is 5.26 Å². The van der Waals surface area contributed by atoms with E-state index >= 15 is 0 Å². The van der Waals surface area contributed by atoms with E-state index in [2.05, 4.69) is 6.07 Å². The van der Waals surface area contributed by atoms with E-state index in [-0.39, 0.29) is 5.56 Å². The van der Waals surface area contributed by atoms with Gasteiger partial charge >= 0.3 is 0 Å². The highest BCUT2D eigenvalue weighted by Crippen LogP contribution is 2.35. The first kappa shape index (κ1) is 15.6. The van der Waals surface area contributed by atoms with Crippen molar-refractivity contribution in [2.75, 3.05) is 6.54 Å². The van der Waals surface area contributed by atoms with Crippen LogP contribution in [0.1, 0.15) is 29.2 Å². The van der Waals surface area contributed by atoms with Gasteiger partial charge in [-0.05, 0) is 36.2 Å². The van der Waals surface area contributed by atoms with Crippen molar-refractivity contribution in [1.29, 1.82) is 5.26 Å². The zero-order valence-electron chi connectivity index (χ0n) is 12.4. The third-order valence-corrected chi connectivity index (χ3v) is 4.21. The standard InChI is InChI=1S/C18H16F2N2O/c19-14-5-6-17(20)16(7-14)18-8-15(23)11-22(18)10-13-4-2-1-3-12(13)9-21/h1-7,15,18,23H,8,10-11H2/t15-,18+/m1/s1. The molecule has 3 nitrogen and oxygen atoms in total. The van der Waals surface area contributed by atoms with E-state index in [0.29, 0.717) is 25.1 Å². The van der Waals surface area contributed by atoms with Crippen molar-refractivity contribution in [3.05, 3.63) is 70.8 Å². The predicted octanol–water partition coefficient (Wildman–Crippen LogP) is 3.14. The van der Waals surface area contributed by atoms with Gasteiger partial charge in [0, 0.05) is 24.7 Å². The number of hydrogen-bond donors (Lipinski definition) is 1. The van der Waals surface area contributed by atoms with Crippen LogP contribution in [0.4, 0.5) is 8.78 Å². The molecular formula is C18H16F2N2O. The number of nitriles is 1. The molecule has 1 fully saturated rings. The third-order valence-electron chi connectivity index (χ3n) is 4.21. The highest BCUT2D eigenvalue weighted by Gasteiger charge is 2.34. The van der Waals surface area contributed by atoms with Gasteiger partial charge in [-0.3, -0.25) is 4.90 Å². The SMILES string of the molecule is N#Cc1ccccc1CN1C[C@H](O)C[C@H]1c1cc(F)ccc1F. The first-order valence-electron chi connectivity index (χ1n) is 7.43. The van der Waals surface area contributed by atoms with E-state index in [1.807, 2.05) is 17.0 Å². The molecule has 0 spiro atoms. The van der Waals surface area contributed by atoms with E-state index < -0.39 is 23.8 Å². The molecule has 3 rings (SSSR count). The van der Waals surface area contributed by atoms with Crippen molar-refractivity contribution in [3.8, 4) is 6.07 Å². The lowest BCUT2D eigenvalue weighted by atomic mass is 10.0. The van der Waals surface area contributed by atoms with E-state index in [0.717, 1.165) is 17.7 Å². The molecule has 0 saturated carbocycles. The number of aliphatic hydroxyl groups excluding tert-OH is 1. The fraction of sp³-hybridized carbons (Fsp3) is 0.278. The summed E-state index contributed by atoms with van der Waals surface area (Å²) in [5, 5.41) is 19.2. The summed E-state index contributed by atoms with van der Waals surface area (Å²) in [5.41, 5.74) is 1.61. The Bertz CT molecular complexity index is 757. The lowest BCUT2D eigenvalue weighted by molar-refractivity contribution is 0.172. The number of hydrogen-bond acceptors (Lipinski definition) is 3. The Morgan fingerprint density at radius 2 is 2.00 bits per heavy atom. The predicted molar refractivity (Wildman–Crippen MR) is 81.3 cm³/mol. The van der Waals surface area contributed by atoms with E-state index in [9.17, 15) is 19.1 Å². The number of aliphatic hydroxyl groups is 1. The summed E-state index contributed by atoms with van der Waals surface area (Å²) >= 11 is 0. The van der Waals surface area contributed by atoms with Crippen LogP contribution < -0.4 is 0 Å². The van der Waals surface area contributed by atoms with Crippen LogP contribution in [0, 0.1) is 23.0 Å². The van der Waals surface area contributed by atoms with Crippen LogP contribution in [0.15, 0.2) is 42.5 Å². The van der Waals surface area contributed by atoms with Crippen LogP contribution in [0.25, 0.3) is 0 Å². The molecule has 2 aromatic carbocycles. The molecule has 2 aromatic rings. The molecule has 1 aliphatic rings. The summed E-state index contributed by atoms with van der Waals surface area (Å²) in [6, 6.07) is 12.3. The van der Waals surface area contributed by atoms with E-state index in [4.69, 9.17) is 0 Å². The molecule has 0 aromatic heterocycles. The highest BCUT2D eigenvalue weighted by atomic mass is 19.1. The van der Waals surface area contributed by atoms with Crippen LogP contribution in [0.2, 0.25) is 0 Å².